The first kappa shape index (κ1) is 20.2. The minimum absolute atomic E-state index is 0.0778. The first-order valence-corrected chi connectivity index (χ1v) is 10.1. The molecule has 0 spiro atoms. The summed E-state index contributed by atoms with van der Waals surface area (Å²) in [5.74, 6) is 0.696. The van der Waals surface area contributed by atoms with Gasteiger partial charge in [0, 0.05) is 31.7 Å². The largest absolute Gasteiger partial charge is 0.490 e. The summed E-state index contributed by atoms with van der Waals surface area (Å²) in [5.41, 5.74) is 3.13. The van der Waals surface area contributed by atoms with Gasteiger partial charge in [0.1, 0.15) is 11.9 Å². The number of likely N-dealkylation sites (tertiary alicyclic amines) is 1. The van der Waals surface area contributed by atoms with Crippen LogP contribution in [0, 0.1) is 0 Å². The average molecular weight is 379 g/mol. The maximum Gasteiger partial charge on any atom is 0.251 e. The number of hydrogen-bond donors (Lipinski definition) is 1. The van der Waals surface area contributed by atoms with Gasteiger partial charge in [-0.3, -0.25) is 9.69 Å². The molecule has 0 saturated carbocycles. The maximum atomic E-state index is 12.5. The summed E-state index contributed by atoms with van der Waals surface area (Å²) in [6.45, 7) is 7.93. The fraction of sp³-hybridized carbons (Fsp3) is 0.375. The molecule has 4 heteroatoms. The van der Waals surface area contributed by atoms with E-state index >= 15 is 0 Å². The highest BCUT2D eigenvalue weighted by Crippen LogP contribution is 2.21. The minimum atomic E-state index is -0.0778. The number of nitrogens with one attached hydrogen (secondary N) is 1. The molecule has 2 aromatic carbocycles. The van der Waals surface area contributed by atoms with Crippen LogP contribution in [-0.2, 0) is 6.54 Å². The van der Waals surface area contributed by atoms with Gasteiger partial charge in [-0.1, -0.05) is 48.0 Å². The monoisotopic (exact) mass is 378 g/mol. The van der Waals surface area contributed by atoms with Crippen molar-refractivity contribution in [3.8, 4) is 5.75 Å². The molecule has 1 aliphatic rings. The highest BCUT2D eigenvalue weighted by Gasteiger charge is 2.20. The number of hydrogen-bond acceptors (Lipinski definition) is 3. The van der Waals surface area contributed by atoms with Gasteiger partial charge in [0.05, 0.1) is 0 Å². The van der Waals surface area contributed by atoms with E-state index in [1.54, 1.807) is 0 Å². The Morgan fingerprint density at radius 3 is 2.61 bits per heavy atom. The molecule has 0 aliphatic carbocycles. The Hall–Kier alpha value is -2.59. The number of rotatable bonds is 7. The van der Waals surface area contributed by atoms with E-state index in [-0.39, 0.29) is 12.0 Å². The lowest BCUT2D eigenvalue weighted by atomic mass is 10.1. The highest BCUT2D eigenvalue weighted by molar-refractivity contribution is 5.94. The van der Waals surface area contributed by atoms with Gasteiger partial charge in [-0.05, 0) is 50.5 Å². The molecule has 0 atom stereocenters. The summed E-state index contributed by atoms with van der Waals surface area (Å²) < 4.78 is 6.17. The molecule has 1 amide bonds. The summed E-state index contributed by atoms with van der Waals surface area (Å²) in [4.78, 5) is 14.9. The van der Waals surface area contributed by atoms with Gasteiger partial charge in [0.15, 0.2) is 0 Å². The molecule has 3 rings (SSSR count). The van der Waals surface area contributed by atoms with E-state index in [0.29, 0.717) is 12.1 Å². The van der Waals surface area contributed by atoms with Crippen LogP contribution in [0.1, 0.15) is 42.6 Å². The van der Waals surface area contributed by atoms with Gasteiger partial charge in [-0.25, -0.2) is 0 Å². The average Bonchev–Trinajstić information content (AvgIpc) is 2.74. The molecule has 0 bridgehead atoms. The van der Waals surface area contributed by atoms with Gasteiger partial charge in [0.2, 0.25) is 0 Å². The molecular formula is C24H30N2O2. The van der Waals surface area contributed by atoms with Gasteiger partial charge in [-0.15, -0.1) is 0 Å². The van der Waals surface area contributed by atoms with E-state index in [4.69, 9.17) is 4.74 Å². The van der Waals surface area contributed by atoms with Crippen molar-refractivity contribution in [3.05, 3.63) is 77.4 Å². The molecule has 1 aliphatic heterocycles. The number of ether oxygens (including phenoxy) is 1. The van der Waals surface area contributed by atoms with Crippen LogP contribution >= 0.6 is 0 Å². The second-order valence-corrected chi connectivity index (χ2v) is 7.42. The van der Waals surface area contributed by atoms with E-state index in [2.05, 4.69) is 30.1 Å². The lowest BCUT2D eigenvalue weighted by Crippen LogP contribution is -2.39. The van der Waals surface area contributed by atoms with Crippen molar-refractivity contribution in [1.82, 2.24) is 10.2 Å². The second kappa shape index (κ2) is 10.1. The third-order valence-electron chi connectivity index (χ3n) is 5.20. The van der Waals surface area contributed by atoms with Crippen LogP contribution in [0.15, 0.2) is 66.2 Å². The number of nitrogens with zero attached hydrogens (tertiary/aromatic N) is 1. The summed E-state index contributed by atoms with van der Waals surface area (Å²) >= 11 is 0. The number of amides is 1. The number of carbonyl (C=O) groups is 1. The van der Waals surface area contributed by atoms with Crippen molar-refractivity contribution in [2.45, 2.75) is 39.3 Å². The minimum Gasteiger partial charge on any atom is -0.490 e. The number of carbonyl (C=O) groups excluding carboxylic acids is 1. The van der Waals surface area contributed by atoms with Crippen molar-refractivity contribution in [3.63, 3.8) is 0 Å². The summed E-state index contributed by atoms with van der Waals surface area (Å²) in [5, 5.41) is 2.97. The fourth-order valence-electron chi connectivity index (χ4n) is 3.41. The number of allylic oxidation sites excluding steroid dienone is 1. The fourth-order valence-corrected chi connectivity index (χ4v) is 3.41. The number of benzene rings is 2. The Labute approximate surface area is 168 Å². The van der Waals surface area contributed by atoms with E-state index in [1.165, 1.54) is 5.57 Å². The molecular weight excluding hydrogens is 348 g/mol. The first-order chi connectivity index (χ1) is 13.6. The van der Waals surface area contributed by atoms with Gasteiger partial charge in [0.25, 0.3) is 5.91 Å². The Bertz CT molecular complexity index is 793. The van der Waals surface area contributed by atoms with E-state index in [9.17, 15) is 4.79 Å². The molecule has 0 unspecified atom stereocenters. The summed E-state index contributed by atoms with van der Waals surface area (Å²) in [6.07, 6.45) is 4.42. The Balaban J connectivity index is 1.50. The standard InChI is InChI=1S/C24H30N2O2/c1-3-19(2)18-26-14-12-22(13-15-26)28-23-11-7-10-21(16-23)24(27)25-17-20-8-5-4-6-9-20/h3-11,16,22H,12-15,17-18H2,1-2H3,(H,25,27). The lowest BCUT2D eigenvalue weighted by Gasteiger charge is -2.32. The molecule has 0 aromatic heterocycles. The predicted molar refractivity (Wildman–Crippen MR) is 114 cm³/mol. The van der Waals surface area contributed by atoms with Gasteiger partial charge < -0.3 is 10.1 Å². The van der Waals surface area contributed by atoms with Crippen molar-refractivity contribution >= 4 is 5.91 Å². The summed E-state index contributed by atoms with van der Waals surface area (Å²) in [6, 6.07) is 17.4. The normalized spacial score (nSPS) is 16.0. The lowest BCUT2D eigenvalue weighted by molar-refractivity contribution is 0.0945. The topological polar surface area (TPSA) is 41.6 Å². The Morgan fingerprint density at radius 2 is 1.89 bits per heavy atom. The maximum absolute atomic E-state index is 12.5. The third-order valence-corrected chi connectivity index (χ3v) is 5.20. The Morgan fingerprint density at radius 1 is 1.14 bits per heavy atom. The van der Waals surface area contributed by atoms with Gasteiger partial charge >= 0.3 is 0 Å². The van der Waals surface area contributed by atoms with Crippen LogP contribution in [0.25, 0.3) is 0 Å². The Kier molecular flexibility index (Phi) is 7.26. The van der Waals surface area contributed by atoms with Crippen LogP contribution in [-0.4, -0.2) is 36.5 Å². The quantitative estimate of drug-likeness (QED) is 0.725. The molecule has 4 nitrogen and oxygen atoms in total. The van der Waals surface area contributed by atoms with Crippen molar-refractivity contribution in [2.75, 3.05) is 19.6 Å². The van der Waals surface area contributed by atoms with Crippen LogP contribution in [0.5, 0.6) is 5.75 Å². The zero-order valence-electron chi connectivity index (χ0n) is 16.9. The molecule has 28 heavy (non-hydrogen) atoms. The van der Waals surface area contributed by atoms with Crippen LogP contribution in [0.2, 0.25) is 0 Å². The smallest absolute Gasteiger partial charge is 0.251 e. The van der Waals surface area contributed by atoms with Crippen LogP contribution in [0.3, 0.4) is 0 Å². The summed E-state index contributed by atoms with van der Waals surface area (Å²) in [7, 11) is 0. The SMILES string of the molecule is CC=C(C)CN1CCC(Oc2cccc(C(=O)NCc3ccccc3)c2)CC1. The zero-order chi connectivity index (χ0) is 19.8. The van der Waals surface area contributed by atoms with Crippen molar-refractivity contribution in [1.29, 1.82) is 0 Å². The molecule has 148 valence electrons. The third kappa shape index (κ3) is 5.96. The van der Waals surface area contributed by atoms with Gasteiger partial charge in [-0.2, -0.15) is 0 Å². The molecule has 1 heterocycles. The number of piperidine rings is 1. The second-order valence-electron chi connectivity index (χ2n) is 7.42. The molecule has 1 N–H and O–H groups in total. The molecule has 0 radical (unpaired) electrons. The molecule has 2 aromatic rings. The van der Waals surface area contributed by atoms with Crippen LogP contribution in [0.4, 0.5) is 0 Å². The van der Waals surface area contributed by atoms with E-state index in [0.717, 1.165) is 43.8 Å². The van der Waals surface area contributed by atoms with E-state index in [1.807, 2.05) is 54.6 Å². The van der Waals surface area contributed by atoms with Crippen molar-refractivity contribution < 1.29 is 9.53 Å². The zero-order valence-corrected chi connectivity index (χ0v) is 16.9. The molecule has 1 fully saturated rings. The first-order valence-electron chi connectivity index (χ1n) is 10.1. The predicted octanol–water partition coefficient (Wildman–Crippen LogP) is 4.43. The highest BCUT2D eigenvalue weighted by atomic mass is 16.5. The van der Waals surface area contributed by atoms with E-state index < -0.39 is 0 Å². The van der Waals surface area contributed by atoms with Crippen LogP contribution < -0.4 is 10.1 Å². The molecule has 1 saturated heterocycles. The van der Waals surface area contributed by atoms with Crippen molar-refractivity contribution in [2.24, 2.45) is 0 Å².